The fourth-order valence-corrected chi connectivity index (χ4v) is 2.66. The Hall–Kier alpha value is -0.890. The third-order valence-corrected chi connectivity index (χ3v) is 3.23. The summed E-state index contributed by atoms with van der Waals surface area (Å²) in [4.78, 5) is 4.44. The minimum absolute atomic E-state index is 0.507. The summed E-state index contributed by atoms with van der Waals surface area (Å²) in [6, 6.07) is 6.44. The van der Waals surface area contributed by atoms with E-state index in [1.807, 2.05) is 6.20 Å². The van der Waals surface area contributed by atoms with Crippen LogP contribution in [0, 0.1) is 6.92 Å². The van der Waals surface area contributed by atoms with E-state index in [0.29, 0.717) is 5.92 Å². The number of hydrogen-bond donors (Lipinski definition) is 0. The molecule has 0 atom stereocenters. The van der Waals surface area contributed by atoms with Crippen molar-refractivity contribution in [2.45, 2.75) is 26.7 Å². The van der Waals surface area contributed by atoms with Gasteiger partial charge in [-0.3, -0.25) is 4.98 Å². The van der Waals surface area contributed by atoms with Gasteiger partial charge in [0.1, 0.15) is 0 Å². The van der Waals surface area contributed by atoms with Crippen molar-refractivity contribution in [2.24, 2.45) is 0 Å². The van der Waals surface area contributed by atoms with Crippen molar-refractivity contribution in [1.82, 2.24) is 4.98 Å². The molecule has 0 saturated heterocycles. The first-order valence-electron chi connectivity index (χ1n) is 5.14. The Morgan fingerprint density at radius 2 is 2.00 bits per heavy atom. The number of aromatic nitrogens is 1. The monoisotopic (exact) mass is 263 g/mol. The molecule has 0 aliphatic carbocycles. The van der Waals surface area contributed by atoms with Crippen molar-refractivity contribution in [3.05, 3.63) is 40.0 Å². The van der Waals surface area contributed by atoms with Crippen LogP contribution in [0.4, 0.5) is 0 Å². The summed E-state index contributed by atoms with van der Waals surface area (Å²) in [5, 5.41) is 1.25. The minimum Gasteiger partial charge on any atom is -0.255 e. The number of halogens is 1. The normalized spacial score (nSPS) is 11.3. The maximum Gasteiger partial charge on any atom is 0.0708 e. The van der Waals surface area contributed by atoms with Crippen molar-refractivity contribution in [3.63, 3.8) is 0 Å². The summed E-state index contributed by atoms with van der Waals surface area (Å²) in [6.45, 7) is 6.51. The van der Waals surface area contributed by atoms with Gasteiger partial charge in [0.2, 0.25) is 0 Å². The van der Waals surface area contributed by atoms with E-state index in [-0.39, 0.29) is 0 Å². The number of nitrogens with zero attached hydrogens (tertiary/aromatic N) is 1. The lowest BCUT2D eigenvalue weighted by Crippen LogP contribution is -1.93. The molecule has 0 radical (unpaired) electrons. The van der Waals surface area contributed by atoms with Crippen molar-refractivity contribution >= 4 is 26.8 Å². The Balaban J connectivity index is 2.82. The molecule has 15 heavy (non-hydrogen) atoms. The van der Waals surface area contributed by atoms with Crippen LogP contribution in [-0.4, -0.2) is 4.98 Å². The van der Waals surface area contributed by atoms with Gasteiger partial charge in [-0.15, -0.1) is 0 Å². The Bertz CT molecular complexity index is 503. The van der Waals surface area contributed by atoms with Gasteiger partial charge in [0.25, 0.3) is 0 Å². The summed E-state index contributed by atoms with van der Waals surface area (Å²) in [5.41, 5.74) is 3.69. The molecule has 78 valence electrons. The molecule has 0 aliphatic heterocycles. The third-order valence-electron chi connectivity index (χ3n) is 2.60. The van der Waals surface area contributed by atoms with E-state index in [9.17, 15) is 0 Å². The quantitative estimate of drug-likeness (QED) is 0.742. The zero-order chi connectivity index (χ0) is 11.0. The summed E-state index contributed by atoms with van der Waals surface area (Å²) < 4.78 is 1.11. The fraction of sp³-hybridized carbons (Fsp3) is 0.308. The van der Waals surface area contributed by atoms with Crippen LogP contribution in [0.15, 0.2) is 28.9 Å². The van der Waals surface area contributed by atoms with Crippen LogP contribution in [-0.2, 0) is 0 Å². The summed E-state index contributed by atoms with van der Waals surface area (Å²) >= 11 is 3.57. The van der Waals surface area contributed by atoms with Crippen molar-refractivity contribution in [3.8, 4) is 0 Å². The Morgan fingerprint density at radius 1 is 1.27 bits per heavy atom. The Labute approximate surface area is 98.7 Å². The molecule has 0 spiro atoms. The molecule has 1 aromatic heterocycles. The van der Waals surface area contributed by atoms with E-state index >= 15 is 0 Å². The second kappa shape index (κ2) is 3.93. The molecule has 0 bridgehead atoms. The number of aryl methyl sites for hydroxylation is 1. The van der Waals surface area contributed by atoms with Crippen molar-refractivity contribution < 1.29 is 0 Å². The highest BCUT2D eigenvalue weighted by atomic mass is 79.9. The SMILES string of the molecule is Cc1ccc2c(C(C)C)c(Br)cnc2c1. The third kappa shape index (κ3) is 1.91. The first kappa shape index (κ1) is 10.6. The van der Waals surface area contributed by atoms with E-state index in [2.05, 4.69) is 59.9 Å². The predicted octanol–water partition coefficient (Wildman–Crippen LogP) is 4.43. The molecule has 0 saturated carbocycles. The van der Waals surface area contributed by atoms with Crippen molar-refractivity contribution in [1.29, 1.82) is 0 Å². The number of benzene rings is 1. The van der Waals surface area contributed by atoms with Gasteiger partial charge >= 0.3 is 0 Å². The molecule has 0 aliphatic rings. The van der Waals surface area contributed by atoms with E-state index in [1.165, 1.54) is 16.5 Å². The molecule has 2 aromatic rings. The number of hydrogen-bond acceptors (Lipinski definition) is 1. The lowest BCUT2D eigenvalue weighted by atomic mass is 9.98. The van der Waals surface area contributed by atoms with E-state index in [1.54, 1.807) is 0 Å². The van der Waals surface area contributed by atoms with E-state index < -0.39 is 0 Å². The van der Waals surface area contributed by atoms with Gasteiger partial charge in [0.05, 0.1) is 5.52 Å². The highest BCUT2D eigenvalue weighted by Gasteiger charge is 2.10. The van der Waals surface area contributed by atoms with Gasteiger partial charge in [0.15, 0.2) is 0 Å². The molecule has 0 N–H and O–H groups in total. The summed E-state index contributed by atoms with van der Waals surface area (Å²) in [6.07, 6.45) is 1.90. The zero-order valence-corrected chi connectivity index (χ0v) is 10.8. The molecule has 1 nitrogen and oxygen atoms in total. The van der Waals surface area contributed by atoms with Gasteiger partial charge in [-0.25, -0.2) is 0 Å². The largest absolute Gasteiger partial charge is 0.255 e. The van der Waals surface area contributed by atoms with E-state index in [4.69, 9.17) is 0 Å². The van der Waals surface area contributed by atoms with Crippen LogP contribution in [0.5, 0.6) is 0 Å². The maximum atomic E-state index is 4.44. The van der Waals surface area contributed by atoms with Crippen LogP contribution in [0.1, 0.15) is 30.9 Å². The van der Waals surface area contributed by atoms with Crippen LogP contribution >= 0.6 is 15.9 Å². The molecular weight excluding hydrogens is 250 g/mol. The highest BCUT2D eigenvalue weighted by Crippen LogP contribution is 2.31. The van der Waals surface area contributed by atoms with Crippen LogP contribution in [0.3, 0.4) is 0 Å². The molecule has 2 rings (SSSR count). The smallest absolute Gasteiger partial charge is 0.0708 e. The summed E-state index contributed by atoms with van der Waals surface area (Å²) in [7, 11) is 0. The molecule has 2 heteroatoms. The molecule has 0 unspecified atom stereocenters. The minimum atomic E-state index is 0.507. The Morgan fingerprint density at radius 3 is 2.67 bits per heavy atom. The van der Waals surface area contributed by atoms with Gasteiger partial charge in [-0.1, -0.05) is 26.0 Å². The van der Waals surface area contributed by atoms with Gasteiger partial charge in [-0.05, 0) is 46.0 Å². The van der Waals surface area contributed by atoms with Crippen LogP contribution in [0.2, 0.25) is 0 Å². The second-order valence-corrected chi connectivity index (χ2v) is 5.05. The number of pyridine rings is 1. The second-order valence-electron chi connectivity index (χ2n) is 4.20. The molecular formula is C13H14BrN. The van der Waals surface area contributed by atoms with Gasteiger partial charge in [-0.2, -0.15) is 0 Å². The van der Waals surface area contributed by atoms with E-state index in [0.717, 1.165) is 9.99 Å². The van der Waals surface area contributed by atoms with Crippen LogP contribution < -0.4 is 0 Å². The van der Waals surface area contributed by atoms with Crippen LogP contribution in [0.25, 0.3) is 10.9 Å². The van der Waals surface area contributed by atoms with Crippen molar-refractivity contribution in [2.75, 3.05) is 0 Å². The average Bonchev–Trinajstić information content (AvgIpc) is 2.17. The van der Waals surface area contributed by atoms with Gasteiger partial charge in [0, 0.05) is 16.1 Å². The average molecular weight is 264 g/mol. The molecule has 0 amide bonds. The molecule has 0 fully saturated rings. The van der Waals surface area contributed by atoms with Gasteiger partial charge < -0.3 is 0 Å². The zero-order valence-electron chi connectivity index (χ0n) is 9.21. The summed E-state index contributed by atoms with van der Waals surface area (Å²) in [5.74, 6) is 0.507. The Kier molecular flexibility index (Phi) is 2.79. The topological polar surface area (TPSA) is 12.9 Å². The molecule has 1 heterocycles. The molecule has 1 aromatic carbocycles. The fourth-order valence-electron chi connectivity index (χ4n) is 1.89. The lowest BCUT2D eigenvalue weighted by Gasteiger charge is -2.12. The standard InChI is InChI=1S/C13H14BrN/c1-8(2)13-10-5-4-9(3)6-12(10)15-7-11(13)14/h4-8H,1-3H3. The first-order valence-corrected chi connectivity index (χ1v) is 5.93. The number of fused-ring (bicyclic) bond motifs is 1. The number of rotatable bonds is 1. The first-order chi connectivity index (χ1) is 7.09. The maximum absolute atomic E-state index is 4.44. The lowest BCUT2D eigenvalue weighted by molar-refractivity contribution is 0.868. The highest BCUT2D eigenvalue weighted by molar-refractivity contribution is 9.10. The predicted molar refractivity (Wildman–Crippen MR) is 68.3 cm³/mol.